The van der Waals surface area contributed by atoms with Gasteiger partial charge in [0.2, 0.25) is 0 Å². The molecule has 2 rings (SSSR count). The molecule has 1 aliphatic rings. The second kappa shape index (κ2) is 6.83. The van der Waals surface area contributed by atoms with Gasteiger partial charge >= 0.3 is 0 Å². The van der Waals surface area contributed by atoms with Crippen molar-refractivity contribution in [3.63, 3.8) is 0 Å². The second-order valence-corrected chi connectivity index (χ2v) is 5.24. The van der Waals surface area contributed by atoms with E-state index >= 15 is 0 Å². The van der Waals surface area contributed by atoms with Crippen LogP contribution in [0.4, 0.5) is 5.69 Å². The van der Waals surface area contributed by atoms with Gasteiger partial charge in [-0.3, -0.25) is 9.59 Å². The Bertz CT molecular complexity index is 510. The van der Waals surface area contributed by atoms with Crippen LogP contribution >= 0.6 is 0 Å². The number of aliphatic hydroxyl groups is 1. The largest absolute Gasteiger partial charge is 0.385 e. The number of ketones is 1. The lowest BCUT2D eigenvalue weighted by molar-refractivity contribution is -0.150. The van der Waals surface area contributed by atoms with Crippen molar-refractivity contribution in [3.8, 4) is 0 Å². The Kier molecular flexibility index (Phi) is 5.09. The van der Waals surface area contributed by atoms with Crippen molar-refractivity contribution in [2.75, 3.05) is 18.1 Å². The highest BCUT2D eigenvalue weighted by atomic mass is 16.5. The van der Waals surface area contributed by atoms with E-state index in [1.807, 2.05) is 24.3 Å². The van der Waals surface area contributed by atoms with Crippen LogP contribution in [0.3, 0.4) is 0 Å². The van der Waals surface area contributed by atoms with Crippen molar-refractivity contribution in [1.29, 1.82) is 0 Å². The van der Waals surface area contributed by atoms with E-state index in [1.54, 1.807) is 4.90 Å². The van der Waals surface area contributed by atoms with Crippen molar-refractivity contribution in [3.05, 3.63) is 29.8 Å². The third-order valence-electron chi connectivity index (χ3n) is 3.55. The summed E-state index contributed by atoms with van der Waals surface area (Å²) in [6.07, 6.45) is -0.332. The number of amides is 1. The van der Waals surface area contributed by atoms with Crippen LogP contribution < -0.4 is 4.90 Å². The molecule has 1 saturated heterocycles. The third kappa shape index (κ3) is 3.49. The third-order valence-corrected chi connectivity index (χ3v) is 3.55. The van der Waals surface area contributed by atoms with Gasteiger partial charge in [-0.25, -0.2) is 0 Å². The molecule has 1 amide bonds. The van der Waals surface area contributed by atoms with Gasteiger partial charge < -0.3 is 14.7 Å². The molecule has 0 bridgehead atoms. The van der Waals surface area contributed by atoms with E-state index in [1.165, 1.54) is 12.5 Å². The van der Waals surface area contributed by atoms with Gasteiger partial charge in [0.25, 0.3) is 5.91 Å². The first-order valence-corrected chi connectivity index (χ1v) is 7.28. The van der Waals surface area contributed by atoms with Crippen LogP contribution in [0.25, 0.3) is 0 Å². The highest BCUT2D eigenvalue weighted by Gasteiger charge is 2.37. The Balaban J connectivity index is 2.15. The minimum Gasteiger partial charge on any atom is -0.385 e. The molecular weight excluding hydrogens is 270 g/mol. The second-order valence-electron chi connectivity index (χ2n) is 5.24. The minimum absolute atomic E-state index is 0.283. The van der Waals surface area contributed by atoms with Crippen molar-refractivity contribution < 1.29 is 19.4 Å². The number of morpholine rings is 1. The van der Waals surface area contributed by atoms with E-state index in [0.717, 1.165) is 18.5 Å². The Morgan fingerprint density at radius 3 is 2.67 bits per heavy atom. The lowest BCUT2D eigenvalue weighted by Crippen LogP contribution is -2.53. The predicted molar refractivity (Wildman–Crippen MR) is 79.2 cm³/mol. The lowest BCUT2D eigenvalue weighted by Gasteiger charge is -2.32. The number of nitrogens with zero attached hydrogens (tertiary/aromatic N) is 1. The maximum absolute atomic E-state index is 12.4. The van der Waals surface area contributed by atoms with Crippen LogP contribution in [0.15, 0.2) is 24.3 Å². The van der Waals surface area contributed by atoms with E-state index in [4.69, 9.17) is 4.74 Å². The zero-order chi connectivity index (χ0) is 15.4. The lowest BCUT2D eigenvalue weighted by atomic mass is 10.1. The Morgan fingerprint density at radius 2 is 2.10 bits per heavy atom. The van der Waals surface area contributed by atoms with Crippen LogP contribution in [0, 0.1) is 0 Å². The SMILES string of the molecule is CCCc1ccc(N2CCOC(C(=O)C(C)O)C2=O)cc1. The molecule has 0 saturated carbocycles. The summed E-state index contributed by atoms with van der Waals surface area (Å²) >= 11 is 0. The maximum Gasteiger partial charge on any atom is 0.264 e. The number of rotatable bonds is 5. The maximum atomic E-state index is 12.4. The topological polar surface area (TPSA) is 66.8 Å². The number of ether oxygens (including phenoxy) is 1. The highest BCUT2D eigenvalue weighted by molar-refractivity contribution is 6.12. The van der Waals surface area contributed by atoms with Gasteiger partial charge in [-0.1, -0.05) is 25.5 Å². The normalized spacial score (nSPS) is 20.4. The van der Waals surface area contributed by atoms with E-state index in [2.05, 4.69) is 6.92 Å². The molecular formula is C16H21NO4. The molecule has 1 fully saturated rings. The van der Waals surface area contributed by atoms with Crippen molar-refractivity contribution in [2.45, 2.75) is 38.9 Å². The predicted octanol–water partition coefficient (Wildman–Crippen LogP) is 1.32. The molecule has 0 spiro atoms. The summed E-state index contributed by atoms with van der Waals surface area (Å²) in [5, 5.41) is 9.34. The molecule has 1 N–H and O–H groups in total. The Morgan fingerprint density at radius 1 is 1.43 bits per heavy atom. The number of benzene rings is 1. The molecule has 114 valence electrons. The summed E-state index contributed by atoms with van der Waals surface area (Å²) in [6.45, 7) is 4.16. The van der Waals surface area contributed by atoms with E-state index in [0.29, 0.717) is 6.54 Å². The zero-order valence-electron chi connectivity index (χ0n) is 12.4. The summed E-state index contributed by atoms with van der Waals surface area (Å²) in [7, 11) is 0. The van der Waals surface area contributed by atoms with Gasteiger partial charge in [0.1, 0.15) is 6.10 Å². The molecule has 1 aromatic carbocycles. The summed E-state index contributed by atoms with van der Waals surface area (Å²) in [4.78, 5) is 25.7. The molecule has 21 heavy (non-hydrogen) atoms. The van der Waals surface area contributed by atoms with Crippen molar-refractivity contribution in [1.82, 2.24) is 0 Å². The molecule has 0 radical (unpaired) electrons. The number of aliphatic hydroxyl groups excluding tert-OH is 1. The van der Waals surface area contributed by atoms with Gasteiger partial charge in [-0.2, -0.15) is 0 Å². The first-order chi connectivity index (χ1) is 10.0. The minimum atomic E-state index is -1.20. The molecule has 2 atom stereocenters. The average Bonchev–Trinajstić information content (AvgIpc) is 2.48. The fourth-order valence-corrected chi connectivity index (χ4v) is 2.40. The number of hydrogen-bond donors (Lipinski definition) is 1. The van der Waals surface area contributed by atoms with E-state index in [-0.39, 0.29) is 6.61 Å². The summed E-state index contributed by atoms with van der Waals surface area (Å²) < 4.78 is 5.23. The van der Waals surface area contributed by atoms with Gasteiger partial charge in [-0.15, -0.1) is 0 Å². The smallest absolute Gasteiger partial charge is 0.264 e. The van der Waals surface area contributed by atoms with Gasteiger partial charge in [0.05, 0.1) is 6.61 Å². The molecule has 5 nitrogen and oxygen atoms in total. The Hall–Kier alpha value is -1.72. The molecule has 1 aromatic rings. The molecule has 1 heterocycles. The summed E-state index contributed by atoms with van der Waals surface area (Å²) in [6, 6.07) is 7.76. The summed E-state index contributed by atoms with van der Waals surface area (Å²) in [5.41, 5.74) is 1.98. The van der Waals surface area contributed by atoms with Crippen molar-refractivity contribution >= 4 is 17.4 Å². The van der Waals surface area contributed by atoms with Crippen molar-refractivity contribution in [2.24, 2.45) is 0 Å². The van der Waals surface area contributed by atoms with Crippen LogP contribution in [-0.4, -0.2) is 42.2 Å². The summed E-state index contributed by atoms with van der Waals surface area (Å²) in [5.74, 6) is -0.998. The first-order valence-electron chi connectivity index (χ1n) is 7.28. The van der Waals surface area contributed by atoms with Crippen LogP contribution in [-0.2, 0) is 20.7 Å². The van der Waals surface area contributed by atoms with E-state index < -0.39 is 23.9 Å². The molecule has 0 aliphatic carbocycles. The Labute approximate surface area is 124 Å². The first kappa shape index (κ1) is 15.7. The number of aryl methyl sites for hydroxylation is 1. The average molecular weight is 291 g/mol. The van der Waals surface area contributed by atoms with Gasteiger partial charge in [0.15, 0.2) is 11.9 Å². The van der Waals surface area contributed by atoms with Crippen LogP contribution in [0.5, 0.6) is 0 Å². The van der Waals surface area contributed by atoms with Crippen LogP contribution in [0.2, 0.25) is 0 Å². The van der Waals surface area contributed by atoms with Crippen LogP contribution in [0.1, 0.15) is 25.8 Å². The number of carbonyl (C=O) groups excluding carboxylic acids is 2. The standard InChI is InChI=1S/C16H21NO4/c1-3-4-12-5-7-13(8-6-12)17-9-10-21-15(16(17)20)14(19)11(2)18/h5-8,11,15,18H,3-4,9-10H2,1-2H3. The molecule has 1 aliphatic heterocycles. The fourth-order valence-electron chi connectivity index (χ4n) is 2.40. The fraction of sp³-hybridized carbons (Fsp3) is 0.500. The molecule has 5 heteroatoms. The number of anilines is 1. The van der Waals surface area contributed by atoms with E-state index in [9.17, 15) is 14.7 Å². The number of carbonyl (C=O) groups is 2. The van der Waals surface area contributed by atoms with Gasteiger partial charge in [0, 0.05) is 12.2 Å². The number of Topliss-reactive ketones (excluding diaryl/α,β-unsaturated/α-hetero) is 1. The quantitative estimate of drug-likeness (QED) is 0.831. The molecule has 2 unspecified atom stereocenters. The highest BCUT2D eigenvalue weighted by Crippen LogP contribution is 2.21. The van der Waals surface area contributed by atoms with Gasteiger partial charge in [-0.05, 0) is 31.0 Å². The number of hydrogen-bond acceptors (Lipinski definition) is 4. The zero-order valence-corrected chi connectivity index (χ0v) is 12.4. The monoisotopic (exact) mass is 291 g/mol. The molecule has 0 aromatic heterocycles.